The van der Waals surface area contributed by atoms with Crippen molar-refractivity contribution < 1.29 is 5.11 Å². The number of aliphatic hydroxyl groups excluding tert-OH is 1. The van der Waals surface area contributed by atoms with Crippen LogP contribution in [0.2, 0.25) is 5.15 Å². The Morgan fingerprint density at radius 3 is 2.83 bits per heavy atom. The van der Waals surface area contributed by atoms with Crippen LogP contribution >= 0.6 is 11.6 Å². The molecule has 0 bridgehead atoms. The fourth-order valence-corrected chi connectivity index (χ4v) is 2.78. The number of aliphatic hydroxyl groups is 1. The van der Waals surface area contributed by atoms with Crippen LogP contribution in [0.4, 0.5) is 5.82 Å². The molecule has 2 heterocycles. The maximum absolute atomic E-state index is 9.41. The number of hydrogen-bond donors (Lipinski definition) is 1. The normalized spacial score (nSPS) is 19.7. The average Bonchev–Trinajstić information content (AvgIpc) is 2.88. The summed E-state index contributed by atoms with van der Waals surface area (Å²) in [5.74, 6) is 0.826. The largest absolute Gasteiger partial charge is 0.394 e. The molecule has 0 radical (unpaired) electrons. The molecule has 1 aliphatic rings. The van der Waals surface area contributed by atoms with E-state index in [0.29, 0.717) is 5.15 Å². The molecule has 0 amide bonds. The van der Waals surface area contributed by atoms with E-state index in [4.69, 9.17) is 11.6 Å². The van der Waals surface area contributed by atoms with Crippen LogP contribution in [0.3, 0.4) is 0 Å². The summed E-state index contributed by atoms with van der Waals surface area (Å²) < 4.78 is 0. The molecular weight excluding hydrogens is 250 g/mol. The molecule has 0 aliphatic carbocycles. The van der Waals surface area contributed by atoms with Crippen LogP contribution in [0, 0.1) is 0 Å². The molecule has 1 unspecified atom stereocenters. The van der Waals surface area contributed by atoms with Crippen molar-refractivity contribution in [2.45, 2.75) is 18.9 Å². The lowest BCUT2D eigenvalue weighted by Crippen LogP contribution is -2.33. The van der Waals surface area contributed by atoms with Gasteiger partial charge in [-0.15, -0.1) is 10.2 Å². The molecule has 18 heavy (non-hydrogen) atoms. The standard InChI is InChI=1S/C13H14ClN3O/c14-12-10-5-1-2-6-11(10)13(16-15-12)17-7-3-4-9(17)8-18/h1-2,5-6,9,18H,3-4,7-8H2. The van der Waals surface area contributed by atoms with Gasteiger partial charge in [0.25, 0.3) is 0 Å². The number of halogens is 1. The van der Waals surface area contributed by atoms with Gasteiger partial charge < -0.3 is 10.0 Å². The molecule has 0 saturated carbocycles. The summed E-state index contributed by atoms with van der Waals surface area (Å²) in [5.41, 5.74) is 0. The predicted molar refractivity (Wildman–Crippen MR) is 72.0 cm³/mol. The zero-order valence-electron chi connectivity index (χ0n) is 9.88. The van der Waals surface area contributed by atoms with E-state index in [1.54, 1.807) is 0 Å². The van der Waals surface area contributed by atoms with E-state index in [2.05, 4.69) is 15.1 Å². The Kier molecular flexibility index (Phi) is 3.06. The number of rotatable bonds is 2. The smallest absolute Gasteiger partial charge is 0.159 e. The summed E-state index contributed by atoms with van der Waals surface area (Å²) >= 11 is 6.06. The van der Waals surface area contributed by atoms with E-state index in [9.17, 15) is 5.11 Å². The number of fused-ring (bicyclic) bond motifs is 1. The molecule has 1 aromatic heterocycles. The number of anilines is 1. The summed E-state index contributed by atoms with van der Waals surface area (Å²) in [6, 6.07) is 7.99. The first-order valence-electron chi connectivity index (χ1n) is 6.09. The molecule has 1 aliphatic heterocycles. The van der Waals surface area contributed by atoms with E-state index in [-0.39, 0.29) is 12.6 Å². The zero-order chi connectivity index (χ0) is 12.5. The molecule has 1 saturated heterocycles. The summed E-state index contributed by atoms with van der Waals surface area (Å²) in [6.45, 7) is 1.06. The molecule has 5 heteroatoms. The predicted octanol–water partition coefficient (Wildman–Crippen LogP) is 2.24. The van der Waals surface area contributed by atoms with Crippen LogP contribution in [0.15, 0.2) is 24.3 Å². The van der Waals surface area contributed by atoms with Gasteiger partial charge in [-0.25, -0.2) is 0 Å². The Morgan fingerprint density at radius 2 is 2.06 bits per heavy atom. The highest BCUT2D eigenvalue weighted by molar-refractivity contribution is 6.34. The van der Waals surface area contributed by atoms with Crippen molar-refractivity contribution >= 4 is 28.2 Å². The van der Waals surface area contributed by atoms with E-state index in [0.717, 1.165) is 36.0 Å². The highest BCUT2D eigenvalue weighted by Crippen LogP contribution is 2.32. The number of hydrogen-bond acceptors (Lipinski definition) is 4. The number of benzene rings is 1. The summed E-state index contributed by atoms with van der Waals surface area (Å²) in [7, 11) is 0. The lowest BCUT2D eigenvalue weighted by atomic mass is 10.1. The summed E-state index contributed by atoms with van der Waals surface area (Å²) in [6.07, 6.45) is 2.07. The lowest BCUT2D eigenvalue weighted by Gasteiger charge is -2.24. The maximum atomic E-state index is 9.41. The van der Waals surface area contributed by atoms with Gasteiger partial charge in [0.2, 0.25) is 0 Å². The third-order valence-electron chi connectivity index (χ3n) is 3.48. The van der Waals surface area contributed by atoms with Crippen molar-refractivity contribution in [2.75, 3.05) is 18.1 Å². The Morgan fingerprint density at radius 1 is 1.28 bits per heavy atom. The minimum Gasteiger partial charge on any atom is -0.394 e. The molecule has 3 rings (SSSR count). The SMILES string of the molecule is OCC1CCCN1c1nnc(Cl)c2ccccc12. The average molecular weight is 264 g/mol. The molecule has 1 N–H and O–H groups in total. The van der Waals surface area contributed by atoms with Crippen LogP contribution < -0.4 is 4.90 Å². The van der Waals surface area contributed by atoms with E-state index in [1.807, 2.05) is 24.3 Å². The third kappa shape index (κ3) is 1.82. The van der Waals surface area contributed by atoms with E-state index >= 15 is 0 Å². The molecule has 1 atom stereocenters. The first-order chi connectivity index (χ1) is 8.81. The number of aromatic nitrogens is 2. The zero-order valence-corrected chi connectivity index (χ0v) is 10.6. The van der Waals surface area contributed by atoms with Gasteiger partial charge in [-0.2, -0.15) is 0 Å². The van der Waals surface area contributed by atoms with E-state index < -0.39 is 0 Å². The lowest BCUT2D eigenvalue weighted by molar-refractivity contribution is 0.266. The minimum absolute atomic E-state index is 0.142. The monoisotopic (exact) mass is 263 g/mol. The molecule has 1 fully saturated rings. The van der Waals surface area contributed by atoms with Gasteiger partial charge in [-0.3, -0.25) is 0 Å². The summed E-state index contributed by atoms with van der Waals surface area (Å²) in [5, 5.41) is 20.0. The third-order valence-corrected chi connectivity index (χ3v) is 3.76. The van der Waals surface area contributed by atoms with Gasteiger partial charge in [-0.1, -0.05) is 35.9 Å². The van der Waals surface area contributed by atoms with Crippen LogP contribution in [-0.2, 0) is 0 Å². The Balaban J connectivity index is 2.15. The van der Waals surface area contributed by atoms with E-state index in [1.165, 1.54) is 0 Å². The maximum Gasteiger partial charge on any atom is 0.159 e. The molecule has 1 aromatic carbocycles. The van der Waals surface area contributed by atoms with Crippen LogP contribution in [-0.4, -0.2) is 34.5 Å². The first kappa shape index (κ1) is 11.7. The second-order valence-electron chi connectivity index (χ2n) is 4.53. The second-order valence-corrected chi connectivity index (χ2v) is 4.89. The topological polar surface area (TPSA) is 49.2 Å². The molecule has 4 nitrogen and oxygen atoms in total. The highest BCUT2D eigenvalue weighted by Gasteiger charge is 2.26. The van der Waals surface area contributed by atoms with Gasteiger partial charge >= 0.3 is 0 Å². The van der Waals surface area contributed by atoms with Crippen molar-refractivity contribution in [1.29, 1.82) is 0 Å². The fraction of sp³-hybridized carbons (Fsp3) is 0.385. The molecule has 2 aromatic rings. The van der Waals surface area contributed by atoms with Crippen LogP contribution in [0.5, 0.6) is 0 Å². The van der Waals surface area contributed by atoms with Gasteiger partial charge in [0.05, 0.1) is 12.6 Å². The highest BCUT2D eigenvalue weighted by atomic mass is 35.5. The Labute approximate surface area is 110 Å². The molecular formula is C13H14ClN3O. The fourth-order valence-electron chi connectivity index (χ4n) is 2.57. The molecule has 0 spiro atoms. The second kappa shape index (κ2) is 4.71. The van der Waals surface area contributed by atoms with Crippen molar-refractivity contribution in [3.05, 3.63) is 29.4 Å². The van der Waals surface area contributed by atoms with Gasteiger partial charge in [0, 0.05) is 17.3 Å². The first-order valence-corrected chi connectivity index (χ1v) is 6.47. The van der Waals surface area contributed by atoms with Crippen molar-refractivity contribution in [2.24, 2.45) is 0 Å². The minimum atomic E-state index is 0.142. The Hall–Kier alpha value is -1.39. The molecule has 94 valence electrons. The van der Waals surface area contributed by atoms with Gasteiger partial charge in [0.15, 0.2) is 11.0 Å². The Bertz CT molecular complexity index is 575. The van der Waals surface area contributed by atoms with Crippen molar-refractivity contribution in [3.63, 3.8) is 0 Å². The van der Waals surface area contributed by atoms with Crippen molar-refractivity contribution in [1.82, 2.24) is 10.2 Å². The number of nitrogens with zero attached hydrogens (tertiary/aromatic N) is 3. The van der Waals surface area contributed by atoms with Crippen LogP contribution in [0.25, 0.3) is 10.8 Å². The summed E-state index contributed by atoms with van der Waals surface area (Å²) in [4.78, 5) is 2.13. The van der Waals surface area contributed by atoms with Crippen molar-refractivity contribution in [3.8, 4) is 0 Å². The quantitative estimate of drug-likeness (QED) is 0.903. The van der Waals surface area contributed by atoms with Gasteiger partial charge in [0.1, 0.15) is 0 Å². The van der Waals surface area contributed by atoms with Gasteiger partial charge in [-0.05, 0) is 12.8 Å². The van der Waals surface area contributed by atoms with Crippen LogP contribution in [0.1, 0.15) is 12.8 Å².